The molecule has 0 aliphatic rings. The number of hydrogen-bond acceptors (Lipinski definition) is 4. The highest BCUT2D eigenvalue weighted by Crippen LogP contribution is 2.34. The summed E-state index contributed by atoms with van der Waals surface area (Å²) in [4.78, 5) is 23.3. The normalized spacial score (nSPS) is 11.3. The van der Waals surface area contributed by atoms with E-state index in [1.807, 2.05) is 0 Å². The van der Waals surface area contributed by atoms with Crippen LogP contribution in [0.1, 0.15) is 22.5 Å². The van der Waals surface area contributed by atoms with Crippen LogP contribution in [0.15, 0.2) is 54.6 Å². The van der Waals surface area contributed by atoms with Gasteiger partial charge in [0.2, 0.25) is 0 Å². The number of nitrogens with zero attached hydrogens (tertiary/aromatic N) is 2. The summed E-state index contributed by atoms with van der Waals surface area (Å²) < 4.78 is 45.5. The maximum atomic E-state index is 13.3. The maximum Gasteiger partial charge on any atom is 0.435 e. The standard InChI is InChI=1S/C21H17ClF3N3O3/c1-31-19(29)10-11-26-20(30)14-8-6-13(7-9-14)17-12-18(21(23,24)25)27-28(17)16-5-3-2-4-15(16)22/h2-9,12H,10-11H2,1H3,(H,26,30). The summed E-state index contributed by atoms with van der Waals surface area (Å²) in [7, 11) is 1.25. The lowest BCUT2D eigenvalue weighted by Crippen LogP contribution is -2.26. The van der Waals surface area contributed by atoms with Crippen LogP contribution in [-0.2, 0) is 15.7 Å². The SMILES string of the molecule is COC(=O)CCNC(=O)c1ccc(-c2cc(C(F)(F)F)nn2-c2ccccc2Cl)cc1. The van der Waals surface area contributed by atoms with E-state index in [4.69, 9.17) is 11.6 Å². The summed E-state index contributed by atoms with van der Waals surface area (Å²) in [6.45, 7) is 0.0987. The zero-order chi connectivity index (χ0) is 22.6. The van der Waals surface area contributed by atoms with Gasteiger partial charge in [0, 0.05) is 17.7 Å². The summed E-state index contributed by atoms with van der Waals surface area (Å²) in [5.41, 5.74) is 0.0897. The van der Waals surface area contributed by atoms with E-state index < -0.39 is 23.7 Å². The summed E-state index contributed by atoms with van der Waals surface area (Å²) in [5.74, 6) is -0.880. The molecule has 1 N–H and O–H groups in total. The van der Waals surface area contributed by atoms with Crippen LogP contribution in [0.3, 0.4) is 0 Å². The molecule has 0 fully saturated rings. The highest BCUT2D eigenvalue weighted by Gasteiger charge is 2.35. The summed E-state index contributed by atoms with van der Waals surface area (Å²) >= 11 is 6.16. The van der Waals surface area contributed by atoms with Gasteiger partial charge in [-0.1, -0.05) is 35.9 Å². The van der Waals surface area contributed by atoms with Crippen molar-refractivity contribution in [2.45, 2.75) is 12.6 Å². The molecule has 0 radical (unpaired) electrons. The molecule has 10 heteroatoms. The predicted octanol–water partition coefficient (Wildman–Crippen LogP) is 4.50. The lowest BCUT2D eigenvalue weighted by atomic mass is 10.1. The average Bonchev–Trinajstić information content (AvgIpc) is 3.19. The van der Waals surface area contributed by atoms with Crippen molar-refractivity contribution in [3.63, 3.8) is 0 Å². The molecule has 1 aromatic heterocycles. The average molecular weight is 452 g/mol. The third-order valence-electron chi connectivity index (χ3n) is 4.37. The lowest BCUT2D eigenvalue weighted by molar-refractivity contribution is -0.141. The number of esters is 1. The van der Waals surface area contributed by atoms with Crippen molar-refractivity contribution in [1.29, 1.82) is 0 Å². The van der Waals surface area contributed by atoms with Gasteiger partial charge >= 0.3 is 12.1 Å². The zero-order valence-corrected chi connectivity index (χ0v) is 17.0. The molecule has 1 amide bonds. The molecular formula is C21H17ClF3N3O3. The smallest absolute Gasteiger partial charge is 0.435 e. The largest absolute Gasteiger partial charge is 0.469 e. The maximum absolute atomic E-state index is 13.3. The molecule has 3 aromatic rings. The Kier molecular flexibility index (Phi) is 6.65. The van der Waals surface area contributed by atoms with Crippen LogP contribution in [0.2, 0.25) is 5.02 Å². The van der Waals surface area contributed by atoms with Crippen molar-refractivity contribution in [2.24, 2.45) is 0 Å². The second-order valence-electron chi connectivity index (χ2n) is 6.44. The fraction of sp³-hybridized carbons (Fsp3) is 0.190. The van der Waals surface area contributed by atoms with E-state index >= 15 is 0 Å². The number of para-hydroxylation sites is 1. The van der Waals surface area contributed by atoms with Crippen molar-refractivity contribution in [1.82, 2.24) is 15.1 Å². The number of nitrogens with one attached hydrogen (secondary N) is 1. The molecule has 0 saturated carbocycles. The molecular weight excluding hydrogens is 435 g/mol. The van der Waals surface area contributed by atoms with Crippen LogP contribution in [0.4, 0.5) is 13.2 Å². The van der Waals surface area contributed by atoms with Gasteiger partial charge in [-0.3, -0.25) is 9.59 Å². The minimum absolute atomic E-state index is 0.0254. The Balaban J connectivity index is 1.90. The van der Waals surface area contributed by atoms with Crippen molar-refractivity contribution in [3.8, 4) is 16.9 Å². The van der Waals surface area contributed by atoms with Gasteiger partial charge in [-0.15, -0.1) is 0 Å². The Labute approximate surface area is 180 Å². The van der Waals surface area contributed by atoms with Gasteiger partial charge in [-0.05, 0) is 30.3 Å². The molecule has 0 spiro atoms. The first kappa shape index (κ1) is 22.4. The molecule has 0 unspecified atom stereocenters. The van der Waals surface area contributed by atoms with E-state index in [1.54, 1.807) is 24.3 Å². The van der Waals surface area contributed by atoms with E-state index in [-0.39, 0.29) is 29.2 Å². The number of methoxy groups -OCH3 is 1. The molecule has 1 heterocycles. The molecule has 162 valence electrons. The Hall–Kier alpha value is -3.33. The van der Waals surface area contributed by atoms with Crippen LogP contribution >= 0.6 is 11.6 Å². The first-order valence-corrected chi connectivity index (χ1v) is 9.46. The van der Waals surface area contributed by atoms with Crippen LogP contribution in [0, 0.1) is 0 Å². The fourth-order valence-corrected chi connectivity index (χ4v) is 3.02. The molecule has 31 heavy (non-hydrogen) atoms. The number of halogens is 4. The number of rotatable bonds is 6. The molecule has 0 bridgehead atoms. The van der Waals surface area contributed by atoms with Gasteiger partial charge in [0.1, 0.15) is 0 Å². The highest BCUT2D eigenvalue weighted by molar-refractivity contribution is 6.32. The quantitative estimate of drug-likeness (QED) is 0.560. The van der Waals surface area contributed by atoms with Crippen LogP contribution in [0.25, 0.3) is 16.9 Å². The summed E-state index contributed by atoms with van der Waals surface area (Å²) in [5, 5.41) is 6.50. The minimum Gasteiger partial charge on any atom is -0.469 e. The van der Waals surface area contributed by atoms with Crippen LogP contribution in [0.5, 0.6) is 0 Å². The molecule has 0 aliphatic carbocycles. The number of ether oxygens (including phenoxy) is 1. The van der Waals surface area contributed by atoms with E-state index in [2.05, 4.69) is 15.2 Å². The number of benzene rings is 2. The molecule has 0 aliphatic heterocycles. The fourth-order valence-electron chi connectivity index (χ4n) is 2.81. The van der Waals surface area contributed by atoms with Crippen molar-refractivity contribution in [2.75, 3.05) is 13.7 Å². The Morgan fingerprint density at radius 1 is 1.13 bits per heavy atom. The monoisotopic (exact) mass is 451 g/mol. The van der Waals surface area contributed by atoms with Gasteiger partial charge in [0.25, 0.3) is 5.91 Å². The first-order valence-electron chi connectivity index (χ1n) is 9.08. The Bertz CT molecular complexity index is 1100. The van der Waals surface area contributed by atoms with Gasteiger partial charge in [0.05, 0.1) is 29.9 Å². The second-order valence-corrected chi connectivity index (χ2v) is 6.84. The zero-order valence-electron chi connectivity index (χ0n) is 16.2. The third-order valence-corrected chi connectivity index (χ3v) is 4.69. The van der Waals surface area contributed by atoms with Gasteiger partial charge in [0.15, 0.2) is 5.69 Å². The number of alkyl halides is 3. The minimum atomic E-state index is -4.64. The topological polar surface area (TPSA) is 73.2 Å². The molecule has 3 rings (SSSR count). The Morgan fingerprint density at radius 3 is 2.42 bits per heavy atom. The predicted molar refractivity (Wildman–Crippen MR) is 108 cm³/mol. The van der Waals surface area contributed by atoms with Crippen LogP contribution < -0.4 is 5.32 Å². The number of carbonyl (C=O) groups is 2. The number of hydrogen-bond donors (Lipinski definition) is 1. The molecule has 0 saturated heterocycles. The first-order chi connectivity index (χ1) is 14.7. The highest BCUT2D eigenvalue weighted by atomic mass is 35.5. The second kappa shape index (κ2) is 9.22. The summed E-state index contributed by atoms with van der Waals surface area (Å²) in [6.07, 6.45) is -4.61. The number of aromatic nitrogens is 2. The van der Waals surface area contributed by atoms with Crippen molar-refractivity contribution >= 4 is 23.5 Å². The van der Waals surface area contributed by atoms with Gasteiger partial charge in [-0.2, -0.15) is 18.3 Å². The van der Waals surface area contributed by atoms with E-state index in [1.165, 1.54) is 31.4 Å². The molecule has 6 nitrogen and oxygen atoms in total. The van der Waals surface area contributed by atoms with Crippen LogP contribution in [-0.4, -0.2) is 35.3 Å². The van der Waals surface area contributed by atoms with Crippen molar-refractivity contribution < 1.29 is 27.5 Å². The lowest BCUT2D eigenvalue weighted by Gasteiger charge is -2.10. The number of carbonyl (C=O) groups excluding carboxylic acids is 2. The van der Waals surface area contributed by atoms with Gasteiger partial charge in [-0.25, -0.2) is 4.68 Å². The molecule has 2 aromatic carbocycles. The van der Waals surface area contributed by atoms with E-state index in [0.29, 0.717) is 11.3 Å². The van der Waals surface area contributed by atoms with E-state index in [0.717, 1.165) is 10.7 Å². The third kappa shape index (κ3) is 5.24. The van der Waals surface area contributed by atoms with Crippen molar-refractivity contribution in [3.05, 3.63) is 70.9 Å². The van der Waals surface area contributed by atoms with E-state index in [9.17, 15) is 22.8 Å². The number of amides is 1. The Morgan fingerprint density at radius 2 is 1.81 bits per heavy atom. The summed E-state index contributed by atoms with van der Waals surface area (Å²) in [6, 6.07) is 13.3. The van der Waals surface area contributed by atoms with Gasteiger partial charge < -0.3 is 10.1 Å². The molecule has 0 atom stereocenters.